The van der Waals surface area contributed by atoms with E-state index in [0.717, 1.165) is 25.1 Å². The van der Waals surface area contributed by atoms with Gasteiger partial charge in [0, 0.05) is 31.9 Å². The van der Waals surface area contributed by atoms with Gasteiger partial charge in [0.05, 0.1) is 11.0 Å². The Bertz CT molecular complexity index is 559. The molecule has 2 rings (SSSR count). The van der Waals surface area contributed by atoms with Crippen LogP contribution in [0.5, 0.6) is 0 Å². The van der Waals surface area contributed by atoms with Crippen molar-refractivity contribution in [2.75, 3.05) is 32.1 Å². The average molecular weight is 313 g/mol. The summed E-state index contributed by atoms with van der Waals surface area (Å²) in [6.07, 6.45) is 2.09. The van der Waals surface area contributed by atoms with Crippen LogP contribution in [0.3, 0.4) is 0 Å². The van der Waals surface area contributed by atoms with E-state index >= 15 is 0 Å². The predicted octanol–water partition coefficient (Wildman–Crippen LogP) is 0.537. The van der Waals surface area contributed by atoms with E-state index in [-0.39, 0.29) is 17.0 Å². The van der Waals surface area contributed by atoms with Crippen molar-refractivity contribution >= 4 is 15.7 Å². The minimum atomic E-state index is -3.39. The van der Waals surface area contributed by atoms with Gasteiger partial charge in [-0.05, 0) is 44.2 Å². The molecule has 1 aromatic carbocycles. The van der Waals surface area contributed by atoms with Gasteiger partial charge in [0.1, 0.15) is 0 Å². The van der Waals surface area contributed by atoms with Crippen molar-refractivity contribution in [3.05, 3.63) is 24.3 Å². The van der Waals surface area contributed by atoms with E-state index < -0.39 is 10.0 Å². The molecule has 1 fully saturated rings. The van der Waals surface area contributed by atoms with E-state index in [9.17, 15) is 8.42 Å². The van der Waals surface area contributed by atoms with E-state index in [1.54, 1.807) is 19.2 Å². The highest BCUT2D eigenvalue weighted by molar-refractivity contribution is 7.89. The van der Waals surface area contributed by atoms with Gasteiger partial charge in [0.15, 0.2) is 0 Å². The van der Waals surface area contributed by atoms with Gasteiger partial charge in [-0.1, -0.05) is 0 Å². The van der Waals surface area contributed by atoms with Gasteiger partial charge in [0.2, 0.25) is 10.0 Å². The fourth-order valence-electron chi connectivity index (χ4n) is 2.73. The van der Waals surface area contributed by atoms with Crippen molar-refractivity contribution in [1.29, 1.82) is 0 Å². The molecule has 1 aliphatic heterocycles. The fourth-order valence-corrected chi connectivity index (χ4v) is 3.46. The summed E-state index contributed by atoms with van der Waals surface area (Å²) in [4.78, 5) is 2.50. The molecule has 2 unspecified atom stereocenters. The molecule has 1 aliphatic rings. The highest BCUT2D eigenvalue weighted by Gasteiger charge is 2.27. The lowest BCUT2D eigenvalue weighted by molar-refractivity contribution is 0.0709. The minimum Gasteiger partial charge on any atom is -0.381 e. The van der Waals surface area contributed by atoms with Crippen LogP contribution >= 0.6 is 0 Å². The lowest BCUT2D eigenvalue weighted by Crippen LogP contribution is -2.48. The number of nitrogens with two attached hydrogens (primary N) is 1. The second kappa shape index (κ2) is 6.74. The molecule has 3 N–H and O–H groups in total. The number of nitrogens with zero attached hydrogens (tertiary/aromatic N) is 1. The molecule has 7 heteroatoms. The van der Waals surface area contributed by atoms with Crippen LogP contribution in [0.4, 0.5) is 5.69 Å². The first-order valence-corrected chi connectivity index (χ1v) is 8.53. The number of methoxy groups -OCH3 is 1. The zero-order chi connectivity index (χ0) is 15.5. The highest BCUT2D eigenvalue weighted by Crippen LogP contribution is 2.26. The SMILES string of the molecule is CNS(=O)(=O)c1ccc(N2CCC(OC)CC2CN)cc1. The van der Waals surface area contributed by atoms with Gasteiger partial charge in [-0.2, -0.15) is 0 Å². The van der Waals surface area contributed by atoms with Gasteiger partial charge >= 0.3 is 0 Å². The molecule has 0 saturated carbocycles. The van der Waals surface area contributed by atoms with Crippen molar-refractivity contribution in [1.82, 2.24) is 4.72 Å². The lowest BCUT2D eigenvalue weighted by atomic mass is 9.98. The number of sulfonamides is 1. The summed E-state index contributed by atoms with van der Waals surface area (Å²) in [5.41, 5.74) is 6.86. The summed E-state index contributed by atoms with van der Waals surface area (Å²) in [6, 6.07) is 7.13. The third kappa shape index (κ3) is 3.55. The van der Waals surface area contributed by atoms with Crippen molar-refractivity contribution < 1.29 is 13.2 Å². The summed E-state index contributed by atoms with van der Waals surface area (Å²) in [5, 5.41) is 0. The molecule has 0 spiro atoms. The normalized spacial score (nSPS) is 23.3. The number of rotatable bonds is 5. The average Bonchev–Trinajstić information content (AvgIpc) is 2.54. The van der Waals surface area contributed by atoms with E-state index in [4.69, 9.17) is 10.5 Å². The zero-order valence-electron chi connectivity index (χ0n) is 12.5. The van der Waals surface area contributed by atoms with Crippen LogP contribution in [-0.2, 0) is 14.8 Å². The number of hydrogen-bond donors (Lipinski definition) is 2. The van der Waals surface area contributed by atoms with Crippen LogP contribution in [0.1, 0.15) is 12.8 Å². The van der Waals surface area contributed by atoms with Gasteiger partial charge in [-0.15, -0.1) is 0 Å². The smallest absolute Gasteiger partial charge is 0.240 e. The van der Waals surface area contributed by atoms with E-state index in [2.05, 4.69) is 9.62 Å². The van der Waals surface area contributed by atoms with E-state index in [1.807, 2.05) is 12.1 Å². The van der Waals surface area contributed by atoms with Crippen molar-refractivity contribution in [2.24, 2.45) is 5.73 Å². The third-order valence-corrected chi connectivity index (χ3v) is 5.45. The molecule has 0 aromatic heterocycles. The maximum absolute atomic E-state index is 11.7. The molecule has 1 saturated heterocycles. The number of hydrogen-bond acceptors (Lipinski definition) is 5. The number of anilines is 1. The van der Waals surface area contributed by atoms with Crippen molar-refractivity contribution in [3.8, 4) is 0 Å². The van der Waals surface area contributed by atoms with Gasteiger partial charge in [0.25, 0.3) is 0 Å². The Balaban J connectivity index is 2.18. The lowest BCUT2D eigenvalue weighted by Gasteiger charge is -2.40. The maximum Gasteiger partial charge on any atom is 0.240 e. The Morgan fingerprint density at radius 3 is 2.57 bits per heavy atom. The first-order valence-electron chi connectivity index (χ1n) is 7.05. The first kappa shape index (κ1) is 16.2. The van der Waals surface area contributed by atoms with Gasteiger partial charge < -0.3 is 15.4 Å². The molecule has 1 aromatic rings. The molecule has 1 heterocycles. The first-order chi connectivity index (χ1) is 10.0. The molecular formula is C14H23N3O3S. The summed E-state index contributed by atoms with van der Waals surface area (Å²) in [5.74, 6) is 0. The van der Waals surface area contributed by atoms with E-state index in [0.29, 0.717) is 6.54 Å². The Morgan fingerprint density at radius 2 is 2.05 bits per heavy atom. The number of nitrogens with one attached hydrogen (secondary N) is 1. The Kier molecular flexibility index (Phi) is 5.21. The Labute approximate surface area is 126 Å². The fraction of sp³-hybridized carbons (Fsp3) is 0.571. The van der Waals surface area contributed by atoms with Crippen LogP contribution in [0.2, 0.25) is 0 Å². The zero-order valence-corrected chi connectivity index (χ0v) is 13.3. The molecule has 6 nitrogen and oxygen atoms in total. The quantitative estimate of drug-likeness (QED) is 0.829. The van der Waals surface area contributed by atoms with Gasteiger partial charge in [-0.3, -0.25) is 0 Å². The number of ether oxygens (including phenoxy) is 1. The third-order valence-electron chi connectivity index (χ3n) is 4.02. The molecule has 0 aliphatic carbocycles. The summed E-state index contributed by atoms with van der Waals surface area (Å²) < 4.78 is 31.2. The topological polar surface area (TPSA) is 84.7 Å². The molecular weight excluding hydrogens is 290 g/mol. The van der Waals surface area contributed by atoms with E-state index in [1.165, 1.54) is 7.05 Å². The molecule has 0 bridgehead atoms. The van der Waals surface area contributed by atoms with Crippen LogP contribution in [0.25, 0.3) is 0 Å². The van der Waals surface area contributed by atoms with Crippen molar-refractivity contribution in [3.63, 3.8) is 0 Å². The monoisotopic (exact) mass is 313 g/mol. The number of benzene rings is 1. The summed E-state index contributed by atoms with van der Waals surface area (Å²) in [7, 11) is -0.257. The highest BCUT2D eigenvalue weighted by atomic mass is 32.2. The largest absolute Gasteiger partial charge is 0.381 e. The molecule has 0 radical (unpaired) electrons. The Morgan fingerprint density at radius 1 is 1.38 bits per heavy atom. The second-order valence-corrected chi connectivity index (χ2v) is 7.05. The predicted molar refractivity (Wildman–Crippen MR) is 82.9 cm³/mol. The molecule has 118 valence electrons. The van der Waals surface area contributed by atoms with Crippen LogP contribution in [0, 0.1) is 0 Å². The standard InChI is InChI=1S/C14H23N3O3S/c1-16-21(18,19)14-5-3-11(4-6-14)17-8-7-13(20-2)9-12(17)10-15/h3-6,12-13,16H,7-10,15H2,1-2H3. The number of piperidine rings is 1. The maximum atomic E-state index is 11.7. The second-order valence-electron chi connectivity index (χ2n) is 5.17. The van der Waals surface area contributed by atoms with Gasteiger partial charge in [-0.25, -0.2) is 13.1 Å². The Hall–Kier alpha value is -1.15. The van der Waals surface area contributed by atoms with Crippen molar-refractivity contribution in [2.45, 2.75) is 29.9 Å². The minimum absolute atomic E-state index is 0.218. The molecule has 2 atom stereocenters. The van der Waals surface area contributed by atoms with Crippen LogP contribution in [0.15, 0.2) is 29.2 Å². The van der Waals surface area contributed by atoms with Crippen LogP contribution in [-0.4, -0.2) is 47.8 Å². The molecule has 21 heavy (non-hydrogen) atoms. The summed E-state index contributed by atoms with van der Waals surface area (Å²) >= 11 is 0. The summed E-state index contributed by atoms with van der Waals surface area (Å²) in [6.45, 7) is 1.41. The molecule has 0 amide bonds. The van der Waals surface area contributed by atoms with Crippen LogP contribution < -0.4 is 15.4 Å².